The fourth-order valence-corrected chi connectivity index (χ4v) is 4.87. The maximum absolute atomic E-state index is 10.4. The zero-order valence-corrected chi connectivity index (χ0v) is 17.7. The molecule has 3 N–H and O–H groups in total. The number of aliphatic hydroxyl groups is 2. The Labute approximate surface area is 179 Å². The maximum Gasteiger partial charge on any atom is 0.191 e. The van der Waals surface area contributed by atoms with Gasteiger partial charge in [-0.1, -0.05) is 54.2 Å². The minimum absolute atomic E-state index is 0.137. The van der Waals surface area contributed by atoms with E-state index >= 15 is 0 Å². The normalized spacial score (nSPS) is 25.0. The molecule has 2 fully saturated rings. The summed E-state index contributed by atoms with van der Waals surface area (Å²) in [7, 11) is 0. The lowest BCUT2D eigenvalue weighted by atomic mass is 10.1. The largest absolute Gasteiger partial charge is 0.390 e. The molecule has 2 aliphatic rings. The summed E-state index contributed by atoms with van der Waals surface area (Å²) in [4.78, 5) is 9.49. The number of hydrogen-bond acceptors (Lipinski definition) is 8. The third-order valence-corrected chi connectivity index (χ3v) is 7.09. The van der Waals surface area contributed by atoms with Gasteiger partial charge in [0.05, 0.1) is 17.7 Å². The van der Waals surface area contributed by atoms with Crippen molar-refractivity contribution in [2.24, 2.45) is 0 Å². The van der Waals surface area contributed by atoms with Gasteiger partial charge in [-0.15, -0.1) is 5.10 Å². The molecule has 0 spiro atoms. The highest BCUT2D eigenvalue weighted by atomic mass is 32.2. The third-order valence-electron chi connectivity index (χ3n) is 6.03. The molecule has 0 unspecified atom stereocenters. The molecular weight excluding hydrogens is 400 g/mol. The zero-order valence-electron chi connectivity index (χ0n) is 16.9. The highest BCUT2D eigenvalue weighted by molar-refractivity contribution is 7.99. The summed E-state index contributed by atoms with van der Waals surface area (Å²) in [5.41, 5.74) is 2.31. The van der Waals surface area contributed by atoms with E-state index in [1.807, 2.05) is 6.07 Å². The fraction of sp³-hybridized carbons (Fsp3) is 0.524. The van der Waals surface area contributed by atoms with E-state index in [0.29, 0.717) is 35.0 Å². The van der Waals surface area contributed by atoms with Crippen LogP contribution in [0.3, 0.4) is 0 Å². The highest BCUT2D eigenvalue weighted by Gasteiger charge is 2.45. The van der Waals surface area contributed by atoms with E-state index in [-0.39, 0.29) is 11.6 Å². The van der Waals surface area contributed by atoms with Gasteiger partial charge in [-0.2, -0.15) is 0 Å². The lowest BCUT2D eigenvalue weighted by Gasteiger charge is -2.20. The molecule has 0 saturated heterocycles. The van der Waals surface area contributed by atoms with E-state index in [4.69, 9.17) is 9.97 Å². The van der Waals surface area contributed by atoms with E-state index in [1.165, 1.54) is 5.56 Å². The summed E-state index contributed by atoms with van der Waals surface area (Å²) in [5, 5.41) is 33.4. The first-order valence-electron chi connectivity index (χ1n) is 10.6. The summed E-state index contributed by atoms with van der Waals surface area (Å²) >= 11 is 1.60. The molecule has 5 rings (SSSR count). The molecule has 1 aromatic carbocycles. The van der Waals surface area contributed by atoms with Crippen molar-refractivity contribution >= 4 is 28.7 Å². The molecule has 30 heavy (non-hydrogen) atoms. The van der Waals surface area contributed by atoms with Crippen LogP contribution in [0.25, 0.3) is 11.2 Å². The van der Waals surface area contributed by atoms with Crippen LogP contribution in [0.2, 0.25) is 0 Å². The first-order valence-corrected chi connectivity index (χ1v) is 11.6. The van der Waals surface area contributed by atoms with Crippen molar-refractivity contribution in [2.45, 2.75) is 68.0 Å². The molecule has 2 aromatic heterocycles. The smallest absolute Gasteiger partial charge is 0.191 e. The monoisotopic (exact) mass is 426 g/mol. The van der Waals surface area contributed by atoms with Crippen LogP contribution in [0, 0.1) is 0 Å². The Morgan fingerprint density at radius 3 is 2.63 bits per heavy atom. The van der Waals surface area contributed by atoms with Crippen LogP contribution in [0.15, 0.2) is 35.5 Å². The van der Waals surface area contributed by atoms with E-state index in [9.17, 15) is 10.2 Å². The van der Waals surface area contributed by atoms with Crippen LogP contribution in [-0.2, 0) is 5.54 Å². The molecular formula is C21H26N6O2S. The van der Waals surface area contributed by atoms with Gasteiger partial charge in [-0.25, -0.2) is 14.6 Å². The number of hydrogen-bond donors (Lipinski definition) is 3. The molecule has 2 aliphatic carbocycles. The predicted molar refractivity (Wildman–Crippen MR) is 115 cm³/mol. The van der Waals surface area contributed by atoms with E-state index in [1.54, 1.807) is 16.4 Å². The Bertz CT molecular complexity index is 1040. The molecule has 8 nitrogen and oxygen atoms in total. The molecule has 158 valence electrons. The number of aromatic nitrogens is 5. The van der Waals surface area contributed by atoms with Gasteiger partial charge >= 0.3 is 0 Å². The van der Waals surface area contributed by atoms with Crippen LogP contribution in [0.1, 0.15) is 50.6 Å². The lowest BCUT2D eigenvalue weighted by Crippen LogP contribution is -2.28. The summed E-state index contributed by atoms with van der Waals surface area (Å²) in [6.07, 6.45) is 2.65. The Morgan fingerprint density at radius 1 is 1.17 bits per heavy atom. The molecule has 0 aliphatic heterocycles. The number of nitrogens with one attached hydrogen (secondary N) is 1. The minimum Gasteiger partial charge on any atom is -0.390 e. The summed E-state index contributed by atoms with van der Waals surface area (Å²) < 4.78 is 1.67. The zero-order chi connectivity index (χ0) is 20.7. The van der Waals surface area contributed by atoms with Gasteiger partial charge in [0.2, 0.25) is 0 Å². The number of fused-ring (bicyclic) bond motifs is 1. The summed E-state index contributed by atoms with van der Waals surface area (Å²) in [5.74, 6) is 1.60. The average Bonchev–Trinajstić information content (AvgIpc) is 3.32. The van der Waals surface area contributed by atoms with Crippen LogP contribution in [0.5, 0.6) is 0 Å². The second-order valence-electron chi connectivity index (χ2n) is 8.19. The van der Waals surface area contributed by atoms with Crippen molar-refractivity contribution in [3.8, 4) is 0 Å². The second-order valence-corrected chi connectivity index (χ2v) is 9.25. The fourth-order valence-electron chi connectivity index (χ4n) is 4.18. The number of anilines is 1. The van der Waals surface area contributed by atoms with E-state index in [2.05, 4.69) is 46.8 Å². The van der Waals surface area contributed by atoms with Gasteiger partial charge in [0.1, 0.15) is 6.10 Å². The first kappa shape index (κ1) is 19.7. The van der Waals surface area contributed by atoms with Gasteiger partial charge in [-0.3, -0.25) is 0 Å². The van der Waals surface area contributed by atoms with Crippen molar-refractivity contribution in [1.29, 1.82) is 0 Å². The maximum atomic E-state index is 10.4. The van der Waals surface area contributed by atoms with Crippen molar-refractivity contribution in [2.75, 3.05) is 11.1 Å². The standard InChI is InChI=1S/C21H26N6O2S/c1-2-12-30-20-22-18(24-21(10-11-21)13-6-4-3-5-7-13)16-19(23-20)27(26-25-16)14-8-9-15(28)17(14)29/h3-7,14-15,17,28-29H,2,8-12H2,1H3,(H,22,23,24)/t14-,15-,17+/m1/s1. The molecule has 9 heteroatoms. The molecule has 3 atom stereocenters. The Morgan fingerprint density at radius 2 is 1.97 bits per heavy atom. The van der Waals surface area contributed by atoms with Gasteiger partial charge in [0.15, 0.2) is 22.1 Å². The van der Waals surface area contributed by atoms with Crippen LogP contribution >= 0.6 is 11.8 Å². The molecule has 0 bridgehead atoms. The molecule has 2 saturated carbocycles. The molecule has 0 radical (unpaired) electrons. The number of thioether (sulfide) groups is 1. The third kappa shape index (κ3) is 3.44. The Balaban J connectivity index is 1.56. The van der Waals surface area contributed by atoms with Gasteiger partial charge in [0.25, 0.3) is 0 Å². The average molecular weight is 427 g/mol. The highest BCUT2D eigenvalue weighted by Crippen LogP contribution is 2.48. The molecule has 0 amide bonds. The Kier molecular flexibility index (Phi) is 5.12. The lowest BCUT2D eigenvalue weighted by molar-refractivity contribution is 0.0215. The van der Waals surface area contributed by atoms with Gasteiger partial charge in [-0.05, 0) is 37.7 Å². The summed E-state index contributed by atoms with van der Waals surface area (Å²) in [6, 6.07) is 10.1. The SMILES string of the molecule is CCCSc1nc(NC2(c3ccccc3)CC2)c2nnn([C@@H]3CC[C@@H](O)[C@H]3O)c2n1. The van der Waals surface area contributed by atoms with E-state index < -0.39 is 12.2 Å². The number of aliphatic hydroxyl groups excluding tert-OH is 2. The van der Waals surface area contributed by atoms with Crippen molar-refractivity contribution < 1.29 is 10.2 Å². The van der Waals surface area contributed by atoms with Gasteiger partial charge in [0, 0.05) is 5.75 Å². The molecule has 2 heterocycles. The van der Waals surface area contributed by atoms with Crippen LogP contribution in [-0.4, -0.2) is 53.1 Å². The predicted octanol–water partition coefficient (Wildman–Crippen LogP) is 2.88. The van der Waals surface area contributed by atoms with Gasteiger partial charge < -0.3 is 15.5 Å². The van der Waals surface area contributed by atoms with Crippen molar-refractivity contribution in [3.63, 3.8) is 0 Å². The number of benzene rings is 1. The topological polar surface area (TPSA) is 109 Å². The summed E-state index contributed by atoms with van der Waals surface area (Å²) in [6.45, 7) is 2.13. The van der Waals surface area contributed by atoms with E-state index in [0.717, 1.165) is 25.0 Å². The number of nitrogens with zero attached hydrogens (tertiary/aromatic N) is 5. The first-order chi connectivity index (χ1) is 14.6. The van der Waals surface area contributed by atoms with Crippen LogP contribution < -0.4 is 5.32 Å². The van der Waals surface area contributed by atoms with Crippen molar-refractivity contribution in [1.82, 2.24) is 25.0 Å². The minimum atomic E-state index is -0.868. The van der Waals surface area contributed by atoms with Crippen molar-refractivity contribution in [3.05, 3.63) is 35.9 Å². The second kappa shape index (κ2) is 7.79. The van der Waals surface area contributed by atoms with Crippen LogP contribution in [0.4, 0.5) is 5.82 Å². The number of rotatable bonds is 7. The quantitative estimate of drug-likeness (QED) is 0.391. The Hall–Kier alpha value is -2.23. The molecule has 3 aromatic rings.